The summed E-state index contributed by atoms with van der Waals surface area (Å²) in [6, 6.07) is 16.9. The second kappa shape index (κ2) is 4.73. The molecular formula is C16H17NO. The third-order valence-corrected chi connectivity index (χ3v) is 3.59. The van der Waals surface area contributed by atoms with Crippen LogP contribution in [0, 0.1) is 0 Å². The molecule has 1 aliphatic heterocycles. The van der Waals surface area contributed by atoms with E-state index in [1.54, 1.807) is 7.11 Å². The molecule has 0 spiro atoms. The number of benzene rings is 2. The Morgan fingerprint density at radius 1 is 1.11 bits per heavy atom. The average Bonchev–Trinajstić information content (AvgIpc) is 2.47. The lowest BCUT2D eigenvalue weighted by molar-refractivity contribution is 0.414. The molecule has 1 aliphatic rings. The van der Waals surface area contributed by atoms with E-state index in [2.05, 4.69) is 47.8 Å². The highest BCUT2D eigenvalue weighted by atomic mass is 16.5. The first-order chi connectivity index (χ1) is 8.86. The fraction of sp³-hybridized carbons (Fsp3) is 0.250. The van der Waals surface area contributed by atoms with Crippen molar-refractivity contribution in [1.29, 1.82) is 0 Å². The predicted octanol–water partition coefficient (Wildman–Crippen LogP) is 3.45. The Labute approximate surface area is 108 Å². The monoisotopic (exact) mass is 239 g/mol. The van der Waals surface area contributed by atoms with Crippen molar-refractivity contribution in [2.45, 2.75) is 12.3 Å². The van der Waals surface area contributed by atoms with Crippen LogP contribution in [0.5, 0.6) is 5.75 Å². The molecule has 0 radical (unpaired) electrons. The molecule has 1 unspecified atom stereocenters. The average molecular weight is 239 g/mol. The van der Waals surface area contributed by atoms with Crippen LogP contribution in [-0.2, 0) is 6.42 Å². The van der Waals surface area contributed by atoms with Crippen molar-refractivity contribution in [3.05, 3.63) is 59.7 Å². The quantitative estimate of drug-likeness (QED) is 0.866. The summed E-state index contributed by atoms with van der Waals surface area (Å²) in [5, 5.41) is 3.51. The third kappa shape index (κ3) is 2.06. The summed E-state index contributed by atoms with van der Waals surface area (Å²) < 4.78 is 5.29. The largest absolute Gasteiger partial charge is 0.497 e. The minimum absolute atomic E-state index is 0.547. The van der Waals surface area contributed by atoms with E-state index < -0.39 is 0 Å². The number of ether oxygens (including phenoxy) is 1. The zero-order chi connectivity index (χ0) is 12.4. The summed E-state index contributed by atoms with van der Waals surface area (Å²) in [5.74, 6) is 1.48. The van der Waals surface area contributed by atoms with Crippen LogP contribution >= 0.6 is 0 Å². The lowest BCUT2D eigenvalue weighted by Crippen LogP contribution is -2.21. The second-order valence-electron chi connectivity index (χ2n) is 4.72. The molecule has 2 aromatic carbocycles. The number of hydrogen-bond acceptors (Lipinski definition) is 2. The molecule has 0 saturated carbocycles. The van der Waals surface area contributed by atoms with Gasteiger partial charge < -0.3 is 10.1 Å². The molecule has 0 bridgehead atoms. The second-order valence-corrected chi connectivity index (χ2v) is 4.72. The van der Waals surface area contributed by atoms with E-state index in [0.29, 0.717) is 5.92 Å². The minimum Gasteiger partial charge on any atom is -0.497 e. The molecule has 0 aromatic heterocycles. The van der Waals surface area contributed by atoms with E-state index >= 15 is 0 Å². The SMILES string of the molecule is COc1ccc2c(c1)CC(c1ccccc1)CN2. The fourth-order valence-electron chi connectivity index (χ4n) is 2.57. The topological polar surface area (TPSA) is 21.3 Å². The summed E-state index contributed by atoms with van der Waals surface area (Å²) in [6.07, 6.45) is 1.07. The van der Waals surface area contributed by atoms with Crippen LogP contribution in [0.3, 0.4) is 0 Å². The number of methoxy groups -OCH3 is 1. The molecule has 0 fully saturated rings. The van der Waals surface area contributed by atoms with E-state index in [-0.39, 0.29) is 0 Å². The first kappa shape index (κ1) is 11.1. The Bertz CT molecular complexity index is 536. The van der Waals surface area contributed by atoms with Crippen molar-refractivity contribution in [3.63, 3.8) is 0 Å². The van der Waals surface area contributed by atoms with Crippen LogP contribution in [0.4, 0.5) is 5.69 Å². The number of nitrogens with one attached hydrogen (secondary N) is 1. The lowest BCUT2D eigenvalue weighted by Gasteiger charge is -2.26. The maximum absolute atomic E-state index is 5.29. The van der Waals surface area contributed by atoms with Gasteiger partial charge in [0.25, 0.3) is 0 Å². The van der Waals surface area contributed by atoms with Gasteiger partial charge in [0, 0.05) is 18.2 Å². The van der Waals surface area contributed by atoms with E-state index in [4.69, 9.17) is 4.74 Å². The van der Waals surface area contributed by atoms with Gasteiger partial charge in [0.2, 0.25) is 0 Å². The van der Waals surface area contributed by atoms with Crippen LogP contribution < -0.4 is 10.1 Å². The molecule has 0 amide bonds. The van der Waals surface area contributed by atoms with Crippen LogP contribution in [-0.4, -0.2) is 13.7 Å². The Morgan fingerprint density at radius 3 is 2.72 bits per heavy atom. The van der Waals surface area contributed by atoms with Crippen LogP contribution in [0.15, 0.2) is 48.5 Å². The van der Waals surface area contributed by atoms with Crippen LogP contribution in [0.1, 0.15) is 17.0 Å². The Kier molecular flexibility index (Phi) is 2.93. The van der Waals surface area contributed by atoms with E-state index in [9.17, 15) is 0 Å². The summed E-state index contributed by atoms with van der Waals surface area (Å²) in [4.78, 5) is 0. The van der Waals surface area contributed by atoms with Crippen molar-refractivity contribution in [3.8, 4) is 5.75 Å². The Balaban J connectivity index is 1.88. The molecule has 1 heterocycles. The molecule has 1 atom stereocenters. The molecule has 2 nitrogen and oxygen atoms in total. The first-order valence-electron chi connectivity index (χ1n) is 6.32. The van der Waals surface area contributed by atoms with Gasteiger partial charge >= 0.3 is 0 Å². The molecule has 0 saturated heterocycles. The molecule has 0 aliphatic carbocycles. The van der Waals surface area contributed by atoms with Crippen molar-refractivity contribution in [2.75, 3.05) is 19.0 Å². The molecule has 3 rings (SSSR count). The first-order valence-corrected chi connectivity index (χ1v) is 6.32. The zero-order valence-corrected chi connectivity index (χ0v) is 10.5. The maximum Gasteiger partial charge on any atom is 0.119 e. The maximum atomic E-state index is 5.29. The van der Waals surface area contributed by atoms with Crippen molar-refractivity contribution in [2.24, 2.45) is 0 Å². The Hall–Kier alpha value is -1.96. The summed E-state index contributed by atoms with van der Waals surface area (Å²) in [6.45, 7) is 1.00. The fourth-order valence-corrected chi connectivity index (χ4v) is 2.57. The van der Waals surface area contributed by atoms with E-state index in [1.165, 1.54) is 16.8 Å². The summed E-state index contributed by atoms with van der Waals surface area (Å²) in [5.41, 5.74) is 3.98. The smallest absolute Gasteiger partial charge is 0.119 e. The van der Waals surface area contributed by atoms with Gasteiger partial charge in [-0.3, -0.25) is 0 Å². The van der Waals surface area contributed by atoms with Gasteiger partial charge in [-0.05, 0) is 35.7 Å². The van der Waals surface area contributed by atoms with Crippen molar-refractivity contribution in [1.82, 2.24) is 0 Å². The van der Waals surface area contributed by atoms with Gasteiger partial charge in [0.05, 0.1) is 7.11 Å². The molecular weight excluding hydrogens is 222 g/mol. The molecule has 18 heavy (non-hydrogen) atoms. The van der Waals surface area contributed by atoms with Gasteiger partial charge in [0.1, 0.15) is 5.75 Å². The number of anilines is 1. The zero-order valence-electron chi connectivity index (χ0n) is 10.5. The van der Waals surface area contributed by atoms with Crippen LogP contribution in [0.25, 0.3) is 0 Å². The van der Waals surface area contributed by atoms with Gasteiger partial charge in [-0.1, -0.05) is 30.3 Å². The standard InChI is InChI=1S/C16H17NO/c1-18-15-7-8-16-13(10-15)9-14(11-17-16)12-5-3-2-4-6-12/h2-8,10,14,17H,9,11H2,1H3. The van der Waals surface area contributed by atoms with Gasteiger partial charge in [-0.2, -0.15) is 0 Å². The molecule has 1 N–H and O–H groups in total. The van der Waals surface area contributed by atoms with Gasteiger partial charge in [-0.25, -0.2) is 0 Å². The number of fused-ring (bicyclic) bond motifs is 1. The third-order valence-electron chi connectivity index (χ3n) is 3.59. The molecule has 92 valence electrons. The summed E-state index contributed by atoms with van der Waals surface area (Å²) in [7, 11) is 1.71. The normalized spacial score (nSPS) is 17.7. The van der Waals surface area contributed by atoms with Gasteiger partial charge in [0.15, 0.2) is 0 Å². The van der Waals surface area contributed by atoms with Gasteiger partial charge in [-0.15, -0.1) is 0 Å². The minimum atomic E-state index is 0.547. The number of rotatable bonds is 2. The van der Waals surface area contributed by atoms with Crippen LogP contribution in [0.2, 0.25) is 0 Å². The highest BCUT2D eigenvalue weighted by molar-refractivity contribution is 5.57. The predicted molar refractivity (Wildman–Crippen MR) is 74.4 cm³/mol. The highest BCUT2D eigenvalue weighted by Crippen LogP contribution is 2.32. The highest BCUT2D eigenvalue weighted by Gasteiger charge is 2.19. The Morgan fingerprint density at radius 2 is 1.94 bits per heavy atom. The number of hydrogen-bond donors (Lipinski definition) is 1. The van der Waals surface area contributed by atoms with Crippen molar-refractivity contribution >= 4 is 5.69 Å². The summed E-state index contributed by atoms with van der Waals surface area (Å²) >= 11 is 0. The molecule has 2 aromatic rings. The van der Waals surface area contributed by atoms with E-state index in [1.807, 2.05) is 6.07 Å². The van der Waals surface area contributed by atoms with E-state index in [0.717, 1.165) is 18.7 Å². The van der Waals surface area contributed by atoms with Crippen molar-refractivity contribution < 1.29 is 4.74 Å². The lowest BCUT2D eigenvalue weighted by atomic mass is 9.88. The molecule has 2 heteroatoms.